The first kappa shape index (κ1) is 15.5. The minimum atomic E-state index is -4.82. The van der Waals surface area contributed by atoms with Crippen molar-refractivity contribution in [3.05, 3.63) is 58.7 Å². The van der Waals surface area contributed by atoms with E-state index in [9.17, 15) is 22.0 Å². The Morgan fingerprint density at radius 1 is 0.818 bits per heavy atom. The summed E-state index contributed by atoms with van der Waals surface area (Å²) in [5, 5.41) is 17.6. The monoisotopic (exact) mass is 308 g/mol. The minimum Gasteiger partial charge on any atom is -0.204 e. The number of nitriles is 2. The predicted octanol–water partition coefficient (Wildman–Crippen LogP) is 4.39. The highest BCUT2D eigenvalue weighted by Crippen LogP contribution is 2.39. The Bertz CT molecular complexity index is 826. The van der Waals surface area contributed by atoms with Gasteiger partial charge in [0.05, 0.1) is 28.8 Å². The fourth-order valence-corrected chi connectivity index (χ4v) is 1.95. The summed E-state index contributed by atoms with van der Waals surface area (Å²) >= 11 is 0. The third kappa shape index (κ3) is 2.75. The number of hydrogen-bond donors (Lipinski definition) is 0. The van der Waals surface area contributed by atoms with Crippen molar-refractivity contribution in [2.75, 3.05) is 0 Å². The number of nitrogens with zero attached hydrogens (tertiary/aromatic N) is 2. The molecule has 22 heavy (non-hydrogen) atoms. The molecule has 2 aromatic carbocycles. The molecule has 0 atom stereocenters. The van der Waals surface area contributed by atoms with Gasteiger partial charge >= 0.3 is 6.18 Å². The molecule has 2 nitrogen and oxygen atoms in total. The molecule has 2 rings (SSSR count). The van der Waals surface area contributed by atoms with Gasteiger partial charge in [0.1, 0.15) is 0 Å². The standard InChI is InChI=1S/C15H5F5N2/c16-13-4-9(7-22)11(5-14(13)17)10-2-1-8(6-21)3-12(10)15(18,19)20/h1-5H. The molecule has 0 aliphatic heterocycles. The third-order valence-electron chi connectivity index (χ3n) is 2.93. The largest absolute Gasteiger partial charge is 0.417 e. The van der Waals surface area contributed by atoms with Gasteiger partial charge in [-0.1, -0.05) is 6.07 Å². The van der Waals surface area contributed by atoms with E-state index in [-0.39, 0.29) is 5.56 Å². The van der Waals surface area contributed by atoms with E-state index in [4.69, 9.17) is 10.5 Å². The van der Waals surface area contributed by atoms with Gasteiger partial charge in [0.15, 0.2) is 11.6 Å². The normalized spacial score (nSPS) is 10.9. The Labute approximate surface area is 121 Å². The van der Waals surface area contributed by atoms with Gasteiger partial charge in [-0.2, -0.15) is 23.7 Å². The summed E-state index contributed by atoms with van der Waals surface area (Å²) in [6.45, 7) is 0. The van der Waals surface area contributed by atoms with Gasteiger partial charge in [0, 0.05) is 5.56 Å². The summed E-state index contributed by atoms with van der Waals surface area (Å²) in [6, 6.07) is 6.81. The van der Waals surface area contributed by atoms with E-state index in [0.717, 1.165) is 12.1 Å². The van der Waals surface area contributed by atoms with Gasteiger partial charge in [-0.15, -0.1) is 0 Å². The van der Waals surface area contributed by atoms with Crippen LogP contribution in [0.2, 0.25) is 0 Å². The maximum Gasteiger partial charge on any atom is 0.417 e. The summed E-state index contributed by atoms with van der Waals surface area (Å²) in [5.41, 5.74) is -2.76. The molecule has 0 aliphatic rings. The Morgan fingerprint density at radius 2 is 1.45 bits per heavy atom. The lowest BCUT2D eigenvalue weighted by molar-refractivity contribution is -0.137. The molecule has 0 unspecified atom stereocenters. The van der Waals surface area contributed by atoms with Gasteiger partial charge < -0.3 is 0 Å². The highest BCUT2D eigenvalue weighted by Gasteiger charge is 2.34. The Hall–Kier alpha value is -2.93. The van der Waals surface area contributed by atoms with Crippen LogP contribution >= 0.6 is 0 Å². The number of halogens is 5. The van der Waals surface area contributed by atoms with Gasteiger partial charge in [0.25, 0.3) is 0 Å². The highest BCUT2D eigenvalue weighted by atomic mass is 19.4. The lowest BCUT2D eigenvalue weighted by atomic mass is 9.94. The molecule has 0 heterocycles. The molecular weight excluding hydrogens is 303 g/mol. The molecule has 0 aromatic heterocycles. The molecule has 110 valence electrons. The Balaban J connectivity index is 2.82. The molecule has 7 heteroatoms. The molecular formula is C15H5F5N2. The van der Waals surface area contributed by atoms with Crippen molar-refractivity contribution in [1.82, 2.24) is 0 Å². The zero-order chi connectivity index (χ0) is 16.5. The van der Waals surface area contributed by atoms with Crippen molar-refractivity contribution in [2.24, 2.45) is 0 Å². The maximum atomic E-state index is 13.3. The van der Waals surface area contributed by atoms with E-state index in [0.29, 0.717) is 18.2 Å². The fourth-order valence-electron chi connectivity index (χ4n) is 1.95. The smallest absolute Gasteiger partial charge is 0.204 e. The lowest BCUT2D eigenvalue weighted by Crippen LogP contribution is -2.08. The summed E-state index contributed by atoms with van der Waals surface area (Å²) in [5.74, 6) is -2.70. The van der Waals surface area contributed by atoms with E-state index in [1.165, 1.54) is 6.07 Å². The first-order chi connectivity index (χ1) is 10.3. The fraction of sp³-hybridized carbons (Fsp3) is 0.0667. The minimum absolute atomic E-state index is 0.239. The molecule has 0 saturated carbocycles. The van der Waals surface area contributed by atoms with Gasteiger partial charge in [0.2, 0.25) is 0 Å². The number of alkyl halides is 3. The third-order valence-corrected chi connectivity index (χ3v) is 2.93. The van der Waals surface area contributed by atoms with Crippen LogP contribution in [0.25, 0.3) is 11.1 Å². The van der Waals surface area contributed by atoms with Crippen LogP contribution < -0.4 is 0 Å². The predicted molar refractivity (Wildman–Crippen MR) is 66.2 cm³/mol. The first-order valence-electron chi connectivity index (χ1n) is 5.78. The van der Waals surface area contributed by atoms with Gasteiger partial charge in [-0.25, -0.2) is 8.78 Å². The highest BCUT2D eigenvalue weighted by molar-refractivity contribution is 5.74. The van der Waals surface area contributed by atoms with E-state index in [1.807, 2.05) is 0 Å². The van der Waals surface area contributed by atoms with Crippen molar-refractivity contribution in [1.29, 1.82) is 10.5 Å². The molecule has 0 N–H and O–H groups in total. The second kappa shape index (κ2) is 5.45. The summed E-state index contributed by atoms with van der Waals surface area (Å²) in [6.07, 6.45) is -4.82. The van der Waals surface area contributed by atoms with Crippen molar-refractivity contribution < 1.29 is 22.0 Å². The molecule has 0 radical (unpaired) electrons. The number of rotatable bonds is 1. The lowest BCUT2D eigenvalue weighted by Gasteiger charge is -2.14. The molecule has 0 fully saturated rings. The van der Waals surface area contributed by atoms with Gasteiger partial charge in [-0.05, 0) is 29.8 Å². The first-order valence-corrected chi connectivity index (χ1v) is 5.78. The van der Waals surface area contributed by atoms with Crippen molar-refractivity contribution >= 4 is 0 Å². The molecule has 2 aromatic rings. The van der Waals surface area contributed by atoms with Crippen molar-refractivity contribution in [3.63, 3.8) is 0 Å². The summed E-state index contributed by atoms with van der Waals surface area (Å²) in [7, 11) is 0. The second-order valence-electron chi connectivity index (χ2n) is 4.29. The van der Waals surface area contributed by atoms with Crippen LogP contribution in [-0.2, 0) is 6.18 Å². The Kier molecular flexibility index (Phi) is 3.83. The van der Waals surface area contributed by atoms with Crippen molar-refractivity contribution in [3.8, 4) is 23.3 Å². The van der Waals surface area contributed by atoms with Crippen LogP contribution in [0.5, 0.6) is 0 Å². The molecule has 0 bridgehead atoms. The number of benzene rings is 2. The van der Waals surface area contributed by atoms with E-state index in [1.54, 1.807) is 6.07 Å². The van der Waals surface area contributed by atoms with Gasteiger partial charge in [-0.3, -0.25) is 0 Å². The van der Waals surface area contributed by atoms with Crippen LogP contribution in [0.3, 0.4) is 0 Å². The quantitative estimate of drug-likeness (QED) is 0.733. The summed E-state index contributed by atoms with van der Waals surface area (Å²) < 4.78 is 65.8. The SMILES string of the molecule is N#Cc1ccc(-c2cc(F)c(F)cc2C#N)c(C(F)(F)F)c1. The second-order valence-corrected chi connectivity index (χ2v) is 4.29. The summed E-state index contributed by atoms with van der Waals surface area (Å²) in [4.78, 5) is 0. The average Bonchev–Trinajstić information content (AvgIpc) is 2.48. The Morgan fingerprint density at radius 3 is 2.00 bits per heavy atom. The van der Waals surface area contributed by atoms with E-state index in [2.05, 4.69) is 0 Å². The molecule has 0 aliphatic carbocycles. The number of hydrogen-bond acceptors (Lipinski definition) is 2. The topological polar surface area (TPSA) is 47.6 Å². The maximum absolute atomic E-state index is 13.3. The molecule has 0 saturated heterocycles. The van der Waals surface area contributed by atoms with Crippen LogP contribution in [0.1, 0.15) is 16.7 Å². The van der Waals surface area contributed by atoms with Crippen LogP contribution in [0.4, 0.5) is 22.0 Å². The van der Waals surface area contributed by atoms with Crippen LogP contribution in [0, 0.1) is 34.3 Å². The molecule has 0 spiro atoms. The van der Waals surface area contributed by atoms with Crippen LogP contribution in [-0.4, -0.2) is 0 Å². The van der Waals surface area contributed by atoms with Crippen molar-refractivity contribution in [2.45, 2.75) is 6.18 Å². The average molecular weight is 308 g/mol. The molecule has 0 amide bonds. The zero-order valence-corrected chi connectivity index (χ0v) is 10.7. The van der Waals surface area contributed by atoms with Crippen LogP contribution in [0.15, 0.2) is 30.3 Å². The zero-order valence-electron chi connectivity index (χ0n) is 10.7. The van der Waals surface area contributed by atoms with E-state index < -0.39 is 40.1 Å². The van der Waals surface area contributed by atoms with E-state index >= 15 is 0 Å².